The molecule has 33 heavy (non-hydrogen) atoms. The average Bonchev–Trinajstić information content (AvgIpc) is 3.03. The molecule has 0 aromatic heterocycles. The van der Waals surface area contributed by atoms with Crippen LogP contribution in [0.2, 0.25) is 0 Å². The van der Waals surface area contributed by atoms with E-state index in [0.717, 1.165) is 9.37 Å². The Morgan fingerprint density at radius 1 is 0.970 bits per heavy atom. The van der Waals surface area contributed by atoms with Crippen molar-refractivity contribution in [3.8, 4) is 5.75 Å². The van der Waals surface area contributed by atoms with E-state index in [0.29, 0.717) is 22.7 Å². The Labute approximate surface area is 203 Å². The van der Waals surface area contributed by atoms with Crippen molar-refractivity contribution in [3.63, 3.8) is 0 Å². The quantitative estimate of drug-likeness (QED) is 0.434. The molecule has 0 fully saturated rings. The van der Waals surface area contributed by atoms with Gasteiger partial charge in [-0.3, -0.25) is 14.4 Å². The number of halogens is 2. The van der Waals surface area contributed by atoms with Crippen molar-refractivity contribution >= 4 is 62.3 Å². The molecule has 3 aromatic rings. The van der Waals surface area contributed by atoms with Gasteiger partial charge < -0.3 is 15.4 Å². The lowest BCUT2D eigenvalue weighted by molar-refractivity contribution is -0.120. The number of hydrogen-bond donors (Lipinski definition) is 2. The summed E-state index contributed by atoms with van der Waals surface area (Å²) in [7, 11) is 1.45. The molecule has 166 valence electrons. The van der Waals surface area contributed by atoms with Gasteiger partial charge in [-0.05, 0) is 58.4 Å². The smallest absolute Gasteiger partial charge is 0.283 e. The maximum absolute atomic E-state index is 13.1. The minimum atomic E-state index is -0.670. The van der Waals surface area contributed by atoms with Crippen LogP contribution in [0.5, 0.6) is 5.75 Å². The molecule has 9 heteroatoms. The minimum absolute atomic E-state index is 0.0871. The zero-order valence-electron chi connectivity index (χ0n) is 17.3. The van der Waals surface area contributed by atoms with Crippen molar-refractivity contribution < 1.29 is 19.1 Å². The largest absolute Gasteiger partial charge is 0.495 e. The van der Waals surface area contributed by atoms with Crippen LogP contribution >= 0.6 is 27.5 Å². The molecular weight excluding hydrogens is 510 g/mol. The minimum Gasteiger partial charge on any atom is -0.495 e. The van der Waals surface area contributed by atoms with Gasteiger partial charge in [-0.15, -0.1) is 0 Å². The van der Waals surface area contributed by atoms with Crippen molar-refractivity contribution in [2.24, 2.45) is 0 Å². The van der Waals surface area contributed by atoms with Crippen LogP contribution in [0, 0.1) is 0 Å². The van der Waals surface area contributed by atoms with Crippen LogP contribution in [0.4, 0.5) is 17.1 Å². The molecule has 0 saturated heterocycles. The number of carbonyl (C=O) groups excluding carboxylic acids is 3. The van der Waals surface area contributed by atoms with Gasteiger partial charge in [0.25, 0.3) is 17.7 Å². The van der Waals surface area contributed by atoms with Crippen molar-refractivity contribution in [1.82, 2.24) is 0 Å². The van der Waals surface area contributed by atoms with Gasteiger partial charge in [0.1, 0.15) is 16.5 Å². The molecule has 0 atom stereocenters. The first-order chi connectivity index (χ1) is 15.9. The maximum atomic E-state index is 13.1. The lowest BCUT2D eigenvalue weighted by Crippen LogP contribution is -2.32. The van der Waals surface area contributed by atoms with Crippen molar-refractivity contribution in [3.05, 3.63) is 93.6 Å². The van der Waals surface area contributed by atoms with Gasteiger partial charge in [-0.2, -0.15) is 0 Å². The van der Waals surface area contributed by atoms with Crippen LogP contribution in [0.3, 0.4) is 0 Å². The van der Waals surface area contributed by atoms with Gasteiger partial charge in [0.2, 0.25) is 0 Å². The molecule has 0 spiro atoms. The molecular formula is C24H17BrClN3O4. The maximum Gasteiger partial charge on any atom is 0.283 e. The number of nitrogens with zero attached hydrogens (tertiary/aromatic N) is 1. The van der Waals surface area contributed by atoms with E-state index in [1.807, 2.05) is 18.2 Å². The van der Waals surface area contributed by atoms with E-state index in [4.69, 9.17) is 16.3 Å². The molecule has 4 rings (SSSR count). The molecule has 0 radical (unpaired) electrons. The first-order valence-corrected chi connectivity index (χ1v) is 10.9. The van der Waals surface area contributed by atoms with Crippen LogP contribution < -0.4 is 20.3 Å². The number of nitrogens with one attached hydrogen (secondary N) is 2. The van der Waals surface area contributed by atoms with Crippen molar-refractivity contribution in [2.45, 2.75) is 0 Å². The lowest BCUT2D eigenvalue weighted by Gasteiger charge is -2.18. The van der Waals surface area contributed by atoms with Crippen molar-refractivity contribution in [1.29, 1.82) is 0 Å². The zero-order valence-corrected chi connectivity index (χ0v) is 19.6. The van der Waals surface area contributed by atoms with E-state index in [9.17, 15) is 14.4 Å². The number of methoxy groups -OCH3 is 1. The summed E-state index contributed by atoms with van der Waals surface area (Å²) in [6.07, 6.45) is 0. The first kappa shape index (κ1) is 22.6. The van der Waals surface area contributed by atoms with Crippen LogP contribution in [0.15, 0.2) is 88.0 Å². The molecule has 1 heterocycles. The van der Waals surface area contributed by atoms with E-state index in [1.165, 1.54) is 7.11 Å². The molecule has 3 aromatic carbocycles. The van der Waals surface area contributed by atoms with Crippen LogP contribution in [0.25, 0.3) is 0 Å². The lowest BCUT2D eigenvalue weighted by atomic mass is 10.1. The summed E-state index contributed by atoms with van der Waals surface area (Å²) in [4.78, 5) is 39.5. The van der Waals surface area contributed by atoms with Gasteiger partial charge in [0.15, 0.2) is 0 Å². The summed E-state index contributed by atoms with van der Waals surface area (Å²) in [6, 6.07) is 20.4. The third-order valence-electron chi connectivity index (χ3n) is 4.87. The number of carbonyl (C=O) groups is 3. The fourth-order valence-electron chi connectivity index (χ4n) is 3.28. The second kappa shape index (κ2) is 9.48. The van der Waals surface area contributed by atoms with Gasteiger partial charge in [-0.25, -0.2) is 4.90 Å². The molecule has 1 aliphatic heterocycles. The van der Waals surface area contributed by atoms with Gasteiger partial charge in [-0.1, -0.05) is 41.9 Å². The second-order valence-electron chi connectivity index (χ2n) is 6.95. The van der Waals surface area contributed by atoms with E-state index in [1.54, 1.807) is 54.6 Å². The highest BCUT2D eigenvalue weighted by Gasteiger charge is 2.40. The number of para-hydroxylation sites is 3. The number of benzene rings is 3. The number of rotatable bonds is 6. The van der Waals surface area contributed by atoms with Crippen LogP contribution in [-0.2, 0) is 9.59 Å². The van der Waals surface area contributed by atoms with Crippen LogP contribution in [-0.4, -0.2) is 24.8 Å². The molecule has 3 amide bonds. The molecule has 0 saturated carbocycles. The number of hydrogen-bond acceptors (Lipinski definition) is 5. The van der Waals surface area contributed by atoms with Gasteiger partial charge in [0, 0.05) is 15.7 Å². The summed E-state index contributed by atoms with van der Waals surface area (Å²) in [6.45, 7) is 0. The van der Waals surface area contributed by atoms with Gasteiger partial charge >= 0.3 is 0 Å². The number of ether oxygens (including phenoxy) is 1. The monoisotopic (exact) mass is 525 g/mol. The first-order valence-electron chi connectivity index (χ1n) is 9.75. The van der Waals surface area contributed by atoms with Crippen molar-refractivity contribution in [2.75, 3.05) is 22.6 Å². The normalized spacial score (nSPS) is 13.4. The Balaban J connectivity index is 1.57. The highest BCUT2D eigenvalue weighted by Crippen LogP contribution is 2.35. The number of imide groups is 1. The number of anilines is 3. The summed E-state index contributed by atoms with van der Waals surface area (Å²) in [5.74, 6) is -1.28. The predicted octanol–water partition coefficient (Wildman–Crippen LogP) is 5.15. The Hall–Kier alpha value is -3.62. The zero-order chi connectivity index (χ0) is 23.5. The van der Waals surface area contributed by atoms with E-state index >= 15 is 0 Å². The standard InChI is InChI=1S/C24H17BrClN3O4/c1-33-19-12-5-4-11-18(19)29-23(31)20(26)21(24(29)32)27-15-8-6-7-14(13-15)22(30)28-17-10-3-2-9-16(17)25/h2-13,27H,1H3,(H,28,30). The summed E-state index contributed by atoms with van der Waals surface area (Å²) in [5.41, 5.74) is 1.59. The molecule has 7 nitrogen and oxygen atoms in total. The van der Waals surface area contributed by atoms with Gasteiger partial charge in [0.05, 0.1) is 18.5 Å². The molecule has 0 unspecified atom stereocenters. The molecule has 2 N–H and O–H groups in total. The fourth-order valence-corrected chi connectivity index (χ4v) is 3.88. The number of amides is 3. The fraction of sp³-hybridized carbons (Fsp3) is 0.0417. The average molecular weight is 527 g/mol. The summed E-state index contributed by atoms with van der Waals surface area (Å²) >= 11 is 9.61. The molecule has 0 aliphatic carbocycles. The SMILES string of the molecule is COc1ccccc1N1C(=O)C(Cl)=C(Nc2cccc(C(=O)Nc3ccccc3Br)c2)C1=O. The molecule has 0 bridgehead atoms. The van der Waals surface area contributed by atoms with E-state index < -0.39 is 11.8 Å². The third kappa shape index (κ3) is 4.48. The Morgan fingerprint density at radius 3 is 2.45 bits per heavy atom. The predicted molar refractivity (Wildman–Crippen MR) is 131 cm³/mol. The van der Waals surface area contributed by atoms with Crippen LogP contribution in [0.1, 0.15) is 10.4 Å². The van der Waals surface area contributed by atoms with E-state index in [2.05, 4.69) is 26.6 Å². The highest BCUT2D eigenvalue weighted by atomic mass is 79.9. The molecule has 1 aliphatic rings. The Kier molecular flexibility index (Phi) is 6.48. The Morgan fingerprint density at radius 2 is 1.70 bits per heavy atom. The highest BCUT2D eigenvalue weighted by molar-refractivity contribution is 9.10. The van der Waals surface area contributed by atoms with E-state index in [-0.39, 0.29) is 22.3 Å². The second-order valence-corrected chi connectivity index (χ2v) is 8.18. The Bertz CT molecular complexity index is 1310. The topological polar surface area (TPSA) is 87.7 Å². The third-order valence-corrected chi connectivity index (χ3v) is 5.91. The summed E-state index contributed by atoms with van der Waals surface area (Å²) in [5, 5.41) is 5.45. The summed E-state index contributed by atoms with van der Waals surface area (Å²) < 4.78 is 6.01.